The van der Waals surface area contributed by atoms with Crippen LogP contribution in [0.4, 0.5) is 5.69 Å². The number of Topliss-reactive ketones (excluding diaryl/α,β-unsaturated/α-hetero) is 1. The lowest BCUT2D eigenvalue weighted by molar-refractivity contribution is -0.384. The van der Waals surface area contributed by atoms with Crippen LogP contribution >= 0.6 is 0 Å². The molecule has 0 aliphatic rings. The summed E-state index contributed by atoms with van der Waals surface area (Å²) in [6.07, 6.45) is 1.62. The van der Waals surface area contributed by atoms with Crippen molar-refractivity contribution in [1.82, 2.24) is 25.1 Å². The highest BCUT2D eigenvalue weighted by Crippen LogP contribution is 2.22. The Kier molecular flexibility index (Phi) is 5.02. The van der Waals surface area contributed by atoms with Gasteiger partial charge in [-0.25, -0.2) is 0 Å². The first-order chi connectivity index (χ1) is 13.0. The van der Waals surface area contributed by atoms with Gasteiger partial charge in [-0.2, -0.15) is 4.68 Å². The average Bonchev–Trinajstić information content (AvgIpc) is 3.15. The van der Waals surface area contributed by atoms with Gasteiger partial charge in [0.25, 0.3) is 5.69 Å². The molecule has 3 aromatic rings. The minimum absolute atomic E-state index is 0.0844. The van der Waals surface area contributed by atoms with E-state index >= 15 is 0 Å². The molecule has 2 aromatic carbocycles. The summed E-state index contributed by atoms with van der Waals surface area (Å²) in [4.78, 5) is 25.1. The summed E-state index contributed by atoms with van der Waals surface area (Å²) in [7, 11) is 3.56. The number of nitro benzene ring substituents is 1. The molecule has 0 unspecified atom stereocenters. The van der Waals surface area contributed by atoms with E-state index in [1.807, 2.05) is 30.3 Å². The molecule has 136 valence electrons. The molecule has 0 aliphatic carbocycles. The second-order valence-electron chi connectivity index (χ2n) is 5.89. The summed E-state index contributed by atoms with van der Waals surface area (Å²) in [6, 6.07) is 14.6. The highest BCUT2D eigenvalue weighted by Gasteiger charge is 2.22. The maximum atomic E-state index is 13.1. The largest absolute Gasteiger partial charge is 0.383 e. The van der Waals surface area contributed by atoms with Crippen LogP contribution in [0, 0.1) is 10.1 Å². The Balaban J connectivity index is 2.05. The van der Waals surface area contributed by atoms with Crippen molar-refractivity contribution in [3.63, 3.8) is 0 Å². The zero-order chi connectivity index (χ0) is 19.4. The molecule has 27 heavy (non-hydrogen) atoms. The number of carbonyl (C=O) groups is 1. The van der Waals surface area contributed by atoms with Gasteiger partial charge in [0, 0.05) is 38.0 Å². The van der Waals surface area contributed by atoms with Crippen molar-refractivity contribution < 1.29 is 9.72 Å². The molecular formula is C18H16N6O3. The SMILES string of the molecule is CN(C)C=C(C(=O)c1ccc([N+](=O)[O-])cc1)c1nnnn1-c1ccccc1. The van der Waals surface area contributed by atoms with Crippen molar-refractivity contribution in [3.8, 4) is 5.69 Å². The average molecular weight is 364 g/mol. The Morgan fingerprint density at radius 2 is 1.78 bits per heavy atom. The molecule has 0 fully saturated rings. The third-order valence-corrected chi connectivity index (χ3v) is 3.68. The number of nitro groups is 1. The van der Waals surface area contributed by atoms with Crippen LogP contribution in [0.1, 0.15) is 16.2 Å². The van der Waals surface area contributed by atoms with Crippen LogP contribution < -0.4 is 0 Å². The Labute approximate surface area is 154 Å². The lowest BCUT2D eigenvalue weighted by Gasteiger charge is -2.11. The fourth-order valence-electron chi connectivity index (χ4n) is 2.46. The normalized spacial score (nSPS) is 11.3. The molecule has 0 N–H and O–H groups in total. The van der Waals surface area contributed by atoms with E-state index in [1.165, 1.54) is 28.9 Å². The smallest absolute Gasteiger partial charge is 0.269 e. The van der Waals surface area contributed by atoms with Crippen LogP contribution in [0.3, 0.4) is 0 Å². The van der Waals surface area contributed by atoms with Crippen molar-refractivity contribution in [2.45, 2.75) is 0 Å². The fraction of sp³-hybridized carbons (Fsp3) is 0.111. The van der Waals surface area contributed by atoms with Gasteiger partial charge in [-0.3, -0.25) is 14.9 Å². The first-order valence-corrected chi connectivity index (χ1v) is 7.99. The Morgan fingerprint density at radius 1 is 1.11 bits per heavy atom. The van der Waals surface area contributed by atoms with Gasteiger partial charge in [-0.15, -0.1) is 5.10 Å². The molecule has 1 aromatic heterocycles. The van der Waals surface area contributed by atoms with Gasteiger partial charge in [0.1, 0.15) is 0 Å². The number of aromatic nitrogens is 4. The molecule has 9 heteroatoms. The van der Waals surface area contributed by atoms with Gasteiger partial charge in [0.2, 0.25) is 0 Å². The standard InChI is InChI=1S/C18H16N6O3/c1-22(2)12-16(17(25)13-8-10-15(11-9-13)24(26)27)18-19-20-21-23(18)14-6-4-3-5-7-14/h3-12H,1-2H3. The van der Waals surface area contributed by atoms with E-state index in [0.29, 0.717) is 11.3 Å². The molecule has 0 atom stereocenters. The molecule has 0 spiro atoms. The molecule has 0 aliphatic heterocycles. The number of carbonyl (C=O) groups excluding carboxylic acids is 1. The van der Waals surface area contributed by atoms with Crippen LogP contribution in [-0.4, -0.2) is 49.9 Å². The fourth-order valence-corrected chi connectivity index (χ4v) is 2.46. The number of ketones is 1. The third kappa shape index (κ3) is 3.87. The minimum atomic E-state index is -0.513. The molecule has 0 bridgehead atoms. The van der Waals surface area contributed by atoms with E-state index in [0.717, 1.165) is 0 Å². The highest BCUT2D eigenvalue weighted by molar-refractivity contribution is 6.28. The number of nitrogens with zero attached hydrogens (tertiary/aromatic N) is 6. The van der Waals surface area contributed by atoms with Crippen LogP contribution in [-0.2, 0) is 0 Å². The summed E-state index contributed by atoms with van der Waals surface area (Å²) in [5, 5.41) is 22.5. The number of para-hydroxylation sites is 1. The van der Waals surface area contributed by atoms with E-state index in [1.54, 1.807) is 25.2 Å². The van der Waals surface area contributed by atoms with E-state index in [-0.39, 0.29) is 22.9 Å². The molecular weight excluding hydrogens is 348 g/mol. The second kappa shape index (κ2) is 7.56. The predicted octanol–water partition coefficient (Wildman–Crippen LogP) is 2.36. The summed E-state index contributed by atoms with van der Waals surface area (Å²) in [6.45, 7) is 0. The lowest BCUT2D eigenvalue weighted by Crippen LogP contribution is -2.13. The van der Waals surface area contributed by atoms with Gasteiger partial charge in [0.15, 0.2) is 11.6 Å². The predicted molar refractivity (Wildman–Crippen MR) is 98.2 cm³/mol. The third-order valence-electron chi connectivity index (χ3n) is 3.68. The maximum Gasteiger partial charge on any atom is 0.269 e. The van der Waals surface area contributed by atoms with Crippen molar-refractivity contribution >= 4 is 17.0 Å². The Morgan fingerprint density at radius 3 is 2.37 bits per heavy atom. The number of rotatable bonds is 6. The number of tetrazole rings is 1. The van der Waals surface area contributed by atoms with E-state index in [4.69, 9.17) is 0 Å². The monoisotopic (exact) mass is 364 g/mol. The van der Waals surface area contributed by atoms with E-state index in [9.17, 15) is 14.9 Å². The van der Waals surface area contributed by atoms with E-state index < -0.39 is 4.92 Å². The lowest BCUT2D eigenvalue weighted by atomic mass is 10.0. The number of hydrogen-bond acceptors (Lipinski definition) is 7. The second-order valence-corrected chi connectivity index (χ2v) is 5.89. The zero-order valence-electron chi connectivity index (χ0n) is 14.7. The maximum absolute atomic E-state index is 13.1. The quantitative estimate of drug-likeness (QED) is 0.286. The number of allylic oxidation sites excluding steroid dienone is 1. The number of non-ortho nitro benzene ring substituents is 1. The summed E-state index contributed by atoms with van der Waals surface area (Å²) in [5.41, 5.74) is 1.19. The van der Waals surface area contributed by atoms with E-state index in [2.05, 4.69) is 15.5 Å². The Bertz CT molecular complexity index is 993. The molecule has 9 nitrogen and oxygen atoms in total. The van der Waals surface area contributed by atoms with Crippen LogP contribution in [0.25, 0.3) is 11.3 Å². The van der Waals surface area contributed by atoms with Crippen molar-refractivity contribution in [1.29, 1.82) is 0 Å². The van der Waals surface area contributed by atoms with Gasteiger partial charge in [-0.05, 0) is 34.7 Å². The first kappa shape index (κ1) is 17.9. The van der Waals surface area contributed by atoms with Crippen molar-refractivity contribution in [2.75, 3.05) is 14.1 Å². The number of hydrogen-bond donors (Lipinski definition) is 0. The van der Waals surface area contributed by atoms with Crippen molar-refractivity contribution in [3.05, 3.63) is 82.3 Å². The molecule has 0 saturated carbocycles. The van der Waals surface area contributed by atoms with Crippen LogP contribution in [0.5, 0.6) is 0 Å². The minimum Gasteiger partial charge on any atom is -0.383 e. The zero-order valence-corrected chi connectivity index (χ0v) is 14.7. The number of benzene rings is 2. The topological polar surface area (TPSA) is 107 Å². The molecule has 1 heterocycles. The summed E-state index contributed by atoms with van der Waals surface area (Å²) in [5.74, 6) is -0.0659. The Hall–Kier alpha value is -3.88. The van der Waals surface area contributed by atoms with Crippen molar-refractivity contribution in [2.24, 2.45) is 0 Å². The summed E-state index contributed by atoms with van der Waals surface area (Å²) >= 11 is 0. The highest BCUT2D eigenvalue weighted by atomic mass is 16.6. The molecule has 3 rings (SSSR count). The van der Waals surface area contributed by atoms with Gasteiger partial charge in [0.05, 0.1) is 16.2 Å². The molecule has 0 saturated heterocycles. The molecule has 0 amide bonds. The van der Waals surface area contributed by atoms with Gasteiger partial charge >= 0.3 is 0 Å². The van der Waals surface area contributed by atoms with Crippen LogP contribution in [0.2, 0.25) is 0 Å². The van der Waals surface area contributed by atoms with Gasteiger partial charge in [-0.1, -0.05) is 18.2 Å². The molecule has 0 radical (unpaired) electrons. The van der Waals surface area contributed by atoms with Crippen LogP contribution in [0.15, 0.2) is 60.8 Å². The first-order valence-electron chi connectivity index (χ1n) is 7.99. The van der Waals surface area contributed by atoms with Gasteiger partial charge < -0.3 is 4.90 Å². The summed E-state index contributed by atoms with van der Waals surface area (Å²) < 4.78 is 1.47.